The van der Waals surface area contributed by atoms with E-state index in [4.69, 9.17) is 16.0 Å². The number of ether oxygens (including phenoxy) is 1. The van der Waals surface area contributed by atoms with Crippen molar-refractivity contribution in [1.82, 2.24) is 0 Å². The van der Waals surface area contributed by atoms with Crippen molar-refractivity contribution in [3.05, 3.63) is 47.2 Å². The van der Waals surface area contributed by atoms with Crippen molar-refractivity contribution < 1.29 is 18.7 Å². The average Bonchev–Trinajstić information content (AvgIpc) is 2.89. The van der Waals surface area contributed by atoms with Gasteiger partial charge < -0.3 is 9.15 Å². The topological polar surface area (TPSA) is 56.5 Å². The molecule has 6 heteroatoms. The summed E-state index contributed by atoms with van der Waals surface area (Å²) in [6.45, 7) is 1.78. The number of esters is 1. The lowest BCUT2D eigenvalue weighted by Crippen LogP contribution is -2.16. The van der Waals surface area contributed by atoms with Crippen LogP contribution in [0.1, 0.15) is 17.5 Å². The second-order valence-corrected chi connectivity index (χ2v) is 5.24. The summed E-state index contributed by atoms with van der Waals surface area (Å²) >= 11 is 7.13. The molecule has 0 spiro atoms. The zero-order valence-corrected chi connectivity index (χ0v) is 12.2. The number of benzene rings is 1. The molecule has 0 saturated heterocycles. The predicted octanol–water partition coefficient (Wildman–Crippen LogP) is 3.83. The Morgan fingerprint density at radius 3 is 2.55 bits per heavy atom. The summed E-state index contributed by atoms with van der Waals surface area (Å²) < 4.78 is 9.96. The van der Waals surface area contributed by atoms with Gasteiger partial charge in [0.15, 0.2) is 10.9 Å². The summed E-state index contributed by atoms with van der Waals surface area (Å²) in [7, 11) is 0. The molecule has 4 nitrogen and oxygen atoms in total. The van der Waals surface area contributed by atoms with Crippen molar-refractivity contribution in [1.29, 1.82) is 0 Å². The predicted molar refractivity (Wildman–Crippen MR) is 75.2 cm³/mol. The highest BCUT2D eigenvalue weighted by molar-refractivity contribution is 7.99. The number of rotatable bonds is 5. The Kier molecular flexibility index (Phi) is 4.87. The first-order chi connectivity index (χ1) is 9.60. The normalized spacial score (nSPS) is 10.3. The van der Waals surface area contributed by atoms with Gasteiger partial charge >= 0.3 is 11.8 Å². The lowest BCUT2D eigenvalue weighted by molar-refractivity contribution is -0.137. The van der Waals surface area contributed by atoms with E-state index in [2.05, 4.69) is 4.74 Å². The van der Waals surface area contributed by atoms with E-state index < -0.39 is 11.8 Å². The fourth-order valence-electron chi connectivity index (χ4n) is 1.41. The van der Waals surface area contributed by atoms with Crippen molar-refractivity contribution in [2.24, 2.45) is 0 Å². The second-order valence-electron chi connectivity index (χ2n) is 3.72. The number of ketones is 1. The van der Waals surface area contributed by atoms with Crippen molar-refractivity contribution in [2.75, 3.05) is 6.61 Å². The van der Waals surface area contributed by atoms with Crippen LogP contribution >= 0.6 is 23.4 Å². The Bertz CT molecular complexity index is 618. The Morgan fingerprint density at radius 2 is 1.90 bits per heavy atom. The maximum absolute atomic E-state index is 11.7. The van der Waals surface area contributed by atoms with E-state index in [0.29, 0.717) is 10.1 Å². The first kappa shape index (κ1) is 14.7. The molecule has 1 aromatic heterocycles. The third-order valence-corrected chi connectivity index (χ3v) is 3.48. The van der Waals surface area contributed by atoms with E-state index in [1.54, 1.807) is 25.1 Å². The van der Waals surface area contributed by atoms with E-state index in [1.807, 2.05) is 12.1 Å². The summed E-state index contributed by atoms with van der Waals surface area (Å²) in [6.07, 6.45) is 0. The van der Waals surface area contributed by atoms with Crippen LogP contribution in [0.2, 0.25) is 5.02 Å². The minimum atomic E-state index is -0.912. The summed E-state index contributed by atoms with van der Waals surface area (Å²) in [5.74, 6) is -1.72. The third-order valence-electron chi connectivity index (χ3n) is 2.30. The van der Waals surface area contributed by atoms with Gasteiger partial charge in [0.2, 0.25) is 0 Å². The van der Waals surface area contributed by atoms with Crippen molar-refractivity contribution >= 4 is 35.1 Å². The van der Waals surface area contributed by atoms with Crippen molar-refractivity contribution in [2.45, 2.75) is 16.9 Å². The second kappa shape index (κ2) is 6.63. The van der Waals surface area contributed by atoms with E-state index >= 15 is 0 Å². The number of furan rings is 1. The van der Waals surface area contributed by atoms with E-state index in [9.17, 15) is 9.59 Å². The summed E-state index contributed by atoms with van der Waals surface area (Å²) in [6, 6.07) is 10.3. The number of carbonyl (C=O) groups excluding carboxylic acids is 2. The zero-order valence-electron chi connectivity index (χ0n) is 10.6. The van der Waals surface area contributed by atoms with Gasteiger partial charge in [-0.2, -0.15) is 0 Å². The van der Waals surface area contributed by atoms with Gasteiger partial charge in [0.05, 0.1) is 6.61 Å². The summed E-state index contributed by atoms with van der Waals surface area (Å²) in [5.41, 5.74) is 0. The molecule has 0 unspecified atom stereocenters. The molecular formula is C14H11ClO4S. The zero-order chi connectivity index (χ0) is 14.5. The van der Waals surface area contributed by atoms with Crippen LogP contribution in [-0.4, -0.2) is 18.4 Å². The fourth-order valence-corrected chi connectivity index (χ4v) is 2.31. The summed E-state index contributed by atoms with van der Waals surface area (Å²) in [5, 5.41) is 1.16. The van der Waals surface area contributed by atoms with Crippen LogP contribution in [0.15, 0.2) is 50.8 Å². The molecular weight excluding hydrogens is 300 g/mol. The molecule has 0 aliphatic rings. The standard InChI is InChI=1S/C14H11ClO4S/c1-2-18-14(17)13(16)11-7-8-12(19-11)20-10-5-3-9(15)4-6-10/h3-8H,2H2,1H3. The number of hydrogen-bond donors (Lipinski definition) is 0. The highest BCUT2D eigenvalue weighted by Crippen LogP contribution is 2.30. The van der Waals surface area contributed by atoms with Gasteiger partial charge in [-0.1, -0.05) is 23.4 Å². The molecule has 0 amide bonds. The minimum Gasteiger partial charge on any atom is -0.460 e. The van der Waals surface area contributed by atoms with Gasteiger partial charge in [0.25, 0.3) is 0 Å². The molecule has 1 aromatic carbocycles. The molecule has 0 bridgehead atoms. The number of halogens is 1. The molecule has 0 aliphatic carbocycles. The molecule has 0 fully saturated rings. The van der Waals surface area contributed by atoms with Crippen LogP contribution in [0.3, 0.4) is 0 Å². The van der Waals surface area contributed by atoms with Crippen molar-refractivity contribution in [3.8, 4) is 0 Å². The van der Waals surface area contributed by atoms with Crippen LogP contribution in [0.25, 0.3) is 0 Å². The minimum absolute atomic E-state index is 0.0279. The molecule has 0 aliphatic heterocycles. The van der Waals surface area contributed by atoms with Gasteiger partial charge in [0.1, 0.15) is 0 Å². The molecule has 104 valence electrons. The first-order valence-electron chi connectivity index (χ1n) is 5.85. The highest BCUT2D eigenvalue weighted by Gasteiger charge is 2.21. The van der Waals surface area contributed by atoms with E-state index in [1.165, 1.54) is 17.8 Å². The number of carbonyl (C=O) groups is 2. The monoisotopic (exact) mass is 310 g/mol. The maximum Gasteiger partial charge on any atom is 0.383 e. The van der Waals surface area contributed by atoms with Gasteiger partial charge in [0, 0.05) is 9.92 Å². The Labute approximate surface area is 125 Å². The number of Topliss-reactive ketones (excluding diaryl/α,β-unsaturated/α-hetero) is 1. The average molecular weight is 311 g/mol. The Balaban J connectivity index is 2.07. The Morgan fingerprint density at radius 1 is 1.20 bits per heavy atom. The molecule has 0 N–H and O–H groups in total. The lowest BCUT2D eigenvalue weighted by atomic mass is 10.3. The van der Waals surface area contributed by atoms with Crippen LogP contribution in [0, 0.1) is 0 Å². The van der Waals surface area contributed by atoms with Crippen LogP contribution in [-0.2, 0) is 9.53 Å². The van der Waals surface area contributed by atoms with Crippen molar-refractivity contribution in [3.63, 3.8) is 0 Å². The SMILES string of the molecule is CCOC(=O)C(=O)c1ccc(Sc2ccc(Cl)cc2)o1. The van der Waals surface area contributed by atoms with Gasteiger partial charge in [-0.05, 0) is 43.3 Å². The molecule has 0 atom stereocenters. The lowest BCUT2D eigenvalue weighted by Gasteiger charge is -1.99. The van der Waals surface area contributed by atoms with Gasteiger partial charge in [-0.25, -0.2) is 4.79 Å². The first-order valence-corrected chi connectivity index (χ1v) is 7.04. The van der Waals surface area contributed by atoms with Gasteiger partial charge in [-0.15, -0.1) is 0 Å². The maximum atomic E-state index is 11.7. The fraction of sp³-hybridized carbons (Fsp3) is 0.143. The molecule has 2 aromatic rings. The molecule has 20 heavy (non-hydrogen) atoms. The molecule has 0 saturated carbocycles. The molecule has 1 heterocycles. The van der Waals surface area contributed by atoms with Crippen LogP contribution < -0.4 is 0 Å². The molecule has 0 radical (unpaired) electrons. The summed E-state index contributed by atoms with van der Waals surface area (Å²) in [4.78, 5) is 23.9. The van der Waals surface area contributed by atoms with Gasteiger partial charge in [-0.3, -0.25) is 4.79 Å². The van der Waals surface area contributed by atoms with E-state index in [0.717, 1.165) is 4.90 Å². The Hall–Kier alpha value is -1.72. The van der Waals surface area contributed by atoms with Crippen LogP contribution in [0.4, 0.5) is 0 Å². The van der Waals surface area contributed by atoms with E-state index in [-0.39, 0.29) is 12.4 Å². The smallest absolute Gasteiger partial charge is 0.383 e. The highest BCUT2D eigenvalue weighted by atomic mass is 35.5. The number of hydrogen-bond acceptors (Lipinski definition) is 5. The van der Waals surface area contributed by atoms with Crippen LogP contribution in [0.5, 0.6) is 0 Å². The third kappa shape index (κ3) is 3.65. The quantitative estimate of drug-likeness (QED) is 0.477. The molecule has 2 rings (SSSR count). The largest absolute Gasteiger partial charge is 0.460 e.